The third kappa shape index (κ3) is 4.62. The standard InChI is InChI=1S/C23H24N4O2/c1-16-21-11-18(8-9-22(21)27-26-16)19-10-20(13-25-12-19)28-15-23(24-2)29-14-17-6-4-3-5-7-17/h3-13,23-24H,14-15H2,1-2H3,(H,26,27). The van der Waals surface area contributed by atoms with Crippen molar-refractivity contribution >= 4 is 10.9 Å². The van der Waals surface area contributed by atoms with Crippen LogP contribution in [-0.2, 0) is 11.3 Å². The number of ether oxygens (including phenoxy) is 2. The Kier molecular flexibility index (Phi) is 5.84. The Balaban J connectivity index is 1.41. The van der Waals surface area contributed by atoms with Gasteiger partial charge in [0.05, 0.1) is 18.3 Å². The topological polar surface area (TPSA) is 72.1 Å². The number of benzene rings is 2. The number of nitrogens with one attached hydrogen (secondary N) is 2. The quantitative estimate of drug-likeness (QED) is 0.445. The molecule has 4 aromatic rings. The molecular formula is C23H24N4O2. The molecule has 4 rings (SSSR count). The van der Waals surface area contributed by atoms with Crippen LogP contribution < -0.4 is 10.1 Å². The monoisotopic (exact) mass is 388 g/mol. The summed E-state index contributed by atoms with van der Waals surface area (Å²) >= 11 is 0. The number of nitrogens with zero attached hydrogens (tertiary/aromatic N) is 2. The Morgan fingerprint density at radius 2 is 1.90 bits per heavy atom. The first-order chi connectivity index (χ1) is 14.2. The number of aromatic amines is 1. The van der Waals surface area contributed by atoms with Crippen LogP contribution in [-0.4, -0.2) is 35.1 Å². The number of hydrogen-bond acceptors (Lipinski definition) is 5. The van der Waals surface area contributed by atoms with Crippen molar-refractivity contribution in [3.05, 3.63) is 78.2 Å². The van der Waals surface area contributed by atoms with Crippen LogP contribution in [0.3, 0.4) is 0 Å². The maximum Gasteiger partial charge on any atom is 0.142 e. The van der Waals surface area contributed by atoms with Crippen molar-refractivity contribution in [2.75, 3.05) is 13.7 Å². The average molecular weight is 388 g/mol. The molecule has 0 fully saturated rings. The second-order valence-corrected chi connectivity index (χ2v) is 6.87. The van der Waals surface area contributed by atoms with Crippen LogP contribution in [0.1, 0.15) is 11.3 Å². The van der Waals surface area contributed by atoms with Gasteiger partial charge in [0.2, 0.25) is 0 Å². The Labute approximate surface area is 169 Å². The Hall–Kier alpha value is -3.22. The van der Waals surface area contributed by atoms with Crippen LogP contribution in [0.4, 0.5) is 0 Å². The van der Waals surface area contributed by atoms with Gasteiger partial charge in [-0.25, -0.2) is 0 Å². The van der Waals surface area contributed by atoms with E-state index in [1.807, 2.05) is 68.7 Å². The van der Waals surface area contributed by atoms with Crippen LogP contribution in [0.15, 0.2) is 67.0 Å². The summed E-state index contributed by atoms with van der Waals surface area (Å²) in [5.41, 5.74) is 5.21. The lowest BCUT2D eigenvalue weighted by Gasteiger charge is -2.18. The Bertz CT molecular complexity index is 1080. The summed E-state index contributed by atoms with van der Waals surface area (Å²) in [6.07, 6.45) is 3.34. The first-order valence-electron chi connectivity index (χ1n) is 9.58. The summed E-state index contributed by atoms with van der Waals surface area (Å²) in [6, 6.07) is 18.2. The van der Waals surface area contributed by atoms with Crippen LogP contribution >= 0.6 is 0 Å². The zero-order valence-corrected chi connectivity index (χ0v) is 16.6. The van der Waals surface area contributed by atoms with E-state index in [1.165, 1.54) is 0 Å². The highest BCUT2D eigenvalue weighted by atomic mass is 16.5. The van der Waals surface area contributed by atoms with Gasteiger partial charge < -0.3 is 9.47 Å². The van der Waals surface area contributed by atoms with Crippen molar-refractivity contribution in [3.8, 4) is 16.9 Å². The van der Waals surface area contributed by atoms with E-state index in [9.17, 15) is 0 Å². The van der Waals surface area contributed by atoms with Gasteiger partial charge in [-0.15, -0.1) is 0 Å². The number of aryl methyl sites for hydroxylation is 1. The fourth-order valence-electron chi connectivity index (χ4n) is 3.13. The average Bonchev–Trinajstić information content (AvgIpc) is 3.15. The molecule has 2 N–H and O–H groups in total. The molecule has 0 spiro atoms. The Morgan fingerprint density at radius 1 is 1.03 bits per heavy atom. The molecule has 0 aliphatic rings. The molecule has 1 unspecified atom stereocenters. The third-order valence-electron chi connectivity index (χ3n) is 4.81. The SMILES string of the molecule is CNC(COc1cncc(-c2ccc3n[nH]c(C)c3c2)c1)OCc1ccccc1. The molecule has 29 heavy (non-hydrogen) atoms. The van der Waals surface area contributed by atoms with Crippen molar-refractivity contribution in [2.45, 2.75) is 19.8 Å². The molecule has 0 amide bonds. The van der Waals surface area contributed by atoms with Gasteiger partial charge in [0.1, 0.15) is 18.6 Å². The minimum Gasteiger partial charge on any atom is -0.488 e. The summed E-state index contributed by atoms with van der Waals surface area (Å²) in [7, 11) is 1.86. The lowest BCUT2D eigenvalue weighted by atomic mass is 10.0. The van der Waals surface area contributed by atoms with Gasteiger partial charge in [-0.2, -0.15) is 5.10 Å². The summed E-state index contributed by atoms with van der Waals surface area (Å²) in [5.74, 6) is 0.704. The van der Waals surface area contributed by atoms with Crippen LogP contribution in [0.5, 0.6) is 5.75 Å². The van der Waals surface area contributed by atoms with Gasteiger partial charge >= 0.3 is 0 Å². The molecule has 2 aromatic carbocycles. The van der Waals surface area contributed by atoms with E-state index in [1.54, 1.807) is 6.20 Å². The van der Waals surface area contributed by atoms with E-state index in [0.717, 1.165) is 33.3 Å². The summed E-state index contributed by atoms with van der Waals surface area (Å²) in [6.45, 7) is 2.93. The number of hydrogen-bond donors (Lipinski definition) is 2. The maximum absolute atomic E-state index is 5.94. The van der Waals surface area contributed by atoms with Gasteiger partial charge in [-0.1, -0.05) is 36.4 Å². The molecule has 0 saturated carbocycles. The number of aromatic nitrogens is 3. The molecule has 148 valence electrons. The number of rotatable bonds is 8. The largest absolute Gasteiger partial charge is 0.488 e. The molecule has 0 aliphatic heterocycles. The van der Waals surface area contributed by atoms with E-state index in [-0.39, 0.29) is 6.23 Å². The molecule has 1 atom stereocenters. The number of H-pyrrole nitrogens is 1. The molecule has 2 heterocycles. The molecule has 0 saturated heterocycles. The highest BCUT2D eigenvalue weighted by molar-refractivity contribution is 5.86. The smallest absolute Gasteiger partial charge is 0.142 e. The van der Waals surface area contributed by atoms with Gasteiger partial charge in [-0.05, 0) is 43.3 Å². The van der Waals surface area contributed by atoms with Crippen LogP contribution in [0.25, 0.3) is 22.0 Å². The summed E-state index contributed by atoms with van der Waals surface area (Å²) in [5, 5.41) is 11.5. The van der Waals surface area contributed by atoms with Crippen LogP contribution in [0.2, 0.25) is 0 Å². The van der Waals surface area contributed by atoms with E-state index in [2.05, 4.69) is 26.6 Å². The molecular weight excluding hydrogens is 364 g/mol. The predicted octanol–water partition coefficient (Wildman–Crippen LogP) is 4.07. The molecule has 0 radical (unpaired) electrons. The number of fused-ring (bicyclic) bond motifs is 1. The minimum absolute atomic E-state index is 0.219. The second kappa shape index (κ2) is 8.86. The van der Waals surface area contributed by atoms with Crippen molar-refractivity contribution < 1.29 is 9.47 Å². The summed E-state index contributed by atoms with van der Waals surface area (Å²) in [4.78, 5) is 4.34. The van der Waals surface area contributed by atoms with Crippen molar-refractivity contribution in [1.82, 2.24) is 20.5 Å². The zero-order chi connectivity index (χ0) is 20.1. The molecule has 6 nitrogen and oxygen atoms in total. The Morgan fingerprint density at radius 3 is 2.72 bits per heavy atom. The normalized spacial score (nSPS) is 12.2. The number of pyridine rings is 1. The van der Waals surface area contributed by atoms with Gasteiger partial charge in [0.15, 0.2) is 0 Å². The highest BCUT2D eigenvalue weighted by Gasteiger charge is 2.10. The highest BCUT2D eigenvalue weighted by Crippen LogP contribution is 2.27. The van der Waals surface area contributed by atoms with E-state index in [0.29, 0.717) is 19.0 Å². The number of likely N-dealkylation sites (N-methyl/N-ethyl adjacent to an activating group) is 1. The summed E-state index contributed by atoms with van der Waals surface area (Å²) < 4.78 is 11.8. The van der Waals surface area contributed by atoms with Gasteiger partial charge in [0, 0.05) is 22.8 Å². The molecule has 2 aromatic heterocycles. The van der Waals surface area contributed by atoms with Crippen molar-refractivity contribution in [3.63, 3.8) is 0 Å². The lowest BCUT2D eigenvalue weighted by molar-refractivity contribution is -0.00684. The molecule has 0 aliphatic carbocycles. The third-order valence-corrected chi connectivity index (χ3v) is 4.81. The van der Waals surface area contributed by atoms with Crippen molar-refractivity contribution in [2.24, 2.45) is 0 Å². The van der Waals surface area contributed by atoms with E-state index < -0.39 is 0 Å². The van der Waals surface area contributed by atoms with Crippen LogP contribution in [0, 0.1) is 6.92 Å². The fraction of sp³-hybridized carbons (Fsp3) is 0.217. The lowest BCUT2D eigenvalue weighted by Crippen LogP contribution is -2.34. The van der Waals surface area contributed by atoms with Gasteiger partial charge in [-0.3, -0.25) is 15.4 Å². The van der Waals surface area contributed by atoms with E-state index in [4.69, 9.17) is 9.47 Å². The first kappa shape index (κ1) is 19.1. The maximum atomic E-state index is 5.94. The molecule has 0 bridgehead atoms. The first-order valence-corrected chi connectivity index (χ1v) is 9.58. The fourth-order valence-corrected chi connectivity index (χ4v) is 3.13. The predicted molar refractivity (Wildman–Crippen MR) is 114 cm³/mol. The second-order valence-electron chi connectivity index (χ2n) is 6.87. The minimum atomic E-state index is -0.219. The zero-order valence-electron chi connectivity index (χ0n) is 16.6. The molecule has 6 heteroatoms. The van der Waals surface area contributed by atoms with Crippen molar-refractivity contribution in [1.29, 1.82) is 0 Å². The van der Waals surface area contributed by atoms with E-state index >= 15 is 0 Å². The van der Waals surface area contributed by atoms with Gasteiger partial charge in [0.25, 0.3) is 0 Å².